The number of benzene rings is 2. The van der Waals surface area contributed by atoms with Gasteiger partial charge < -0.3 is 4.74 Å². The number of methoxy groups -OCH3 is 1. The third kappa shape index (κ3) is 3.87. The first-order valence-corrected chi connectivity index (χ1v) is 7.98. The third-order valence-electron chi connectivity index (χ3n) is 3.67. The zero-order chi connectivity index (χ0) is 17.6. The molecule has 3 rings (SSSR count). The lowest BCUT2D eigenvalue weighted by molar-refractivity contribution is 0.414. The van der Waals surface area contributed by atoms with Crippen LogP contribution in [0, 0.1) is 11.3 Å². The van der Waals surface area contributed by atoms with Crippen molar-refractivity contribution in [3.8, 4) is 11.8 Å². The Kier molecular flexibility index (Phi) is 5.12. The maximum absolute atomic E-state index is 9.48. The number of aliphatic imine (C=N–C) groups is 1. The molecule has 0 atom stereocenters. The number of rotatable bonds is 5. The number of hydrogen-bond acceptors (Lipinski definition) is 4. The lowest BCUT2D eigenvalue weighted by atomic mass is 10.1. The zero-order valence-corrected chi connectivity index (χ0v) is 14.3. The van der Waals surface area contributed by atoms with Crippen molar-refractivity contribution in [3.63, 3.8) is 0 Å². The molecule has 1 heterocycles. The zero-order valence-electron chi connectivity index (χ0n) is 13.5. The van der Waals surface area contributed by atoms with Crippen LogP contribution in [-0.4, -0.2) is 23.5 Å². The summed E-state index contributed by atoms with van der Waals surface area (Å²) >= 11 is 6.01. The number of aromatic amines is 1. The van der Waals surface area contributed by atoms with E-state index in [4.69, 9.17) is 16.3 Å². The molecule has 25 heavy (non-hydrogen) atoms. The van der Waals surface area contributed by atoms with Gasteiger partial charge in [0.2, 0.25) is 0 Å². The average Bonchev–Trinajstić information content (AvgIpc) is 3.01. The Morgan fingerprint density at radius 3 is 2.88 bits per heavy atom. The van der Waals surface area contributed by atoms with E-state index >= 15 is 0 Å². The van der Waals surface area contributed by atoms with Gasteiger partial charge in [-0.1, -0.05) is 35.9 Å². The van der Waals surface area contributed by atoms with Crippen molar-refractivity contribution < 1.29 is 4.74 Å². The van der Waals surface area contributed by atoms with Crippen molar-refractivity contribution in [1.29, 1.82) is 5.26 Å². The Morgan fingerprint density at radius 2 is 2.12 bits per heavy atom. The molecule has 0 unspecified atom stereocenters. The highest BCUT2D eigenvalue weighted by Crippen LogP contribution is 2.23. The summed E-state index contributed by atoms with van der Waals surface area (Å²) in [5.41, 5.74) is 2.93. The maximum atomic E-state index is 9.48. The van der Waals surface area contributed by atoms with Gasteiger partial charge >= 0.3 is 0 Å². The van der Waals surface area contributed by atoms with E-state index in [1.165, 1.54) is 0 Å². The summed E-state index contributed by atoms with van der Waals surface area (Å²) in [6.45, 7) is 0. The molecule has 0 radical (unpaired) electrons. The first kappa shape index (κ1) is 16.7. The van der Waals surface area contributed by atoms with Crippen LogP contribution in [0.1, 0.15) is 22.4 Å². The molecule has 0 aliphatic carbocycles. The van der Waals surface area contributed by atoms with Crippen LogP contribution in [0.25, 0.3) is 0 Å². The molecule has 0 saturated heterocycles. The number of nitrogens with zero attached hydrogens (tertiary/aromatic N) is 3. The van der Waals surface area contributed by atoms with Gasteiger partial charge in [-0.3, -0.25) is 5.10 Å². The first-order valence-electron chi connectivity index (χ1n) is 7.60. The number of H-pyrrole nitrogens is 1. The third-order valence-corrected chi connectivity index (χ3v) is 3.90. The van der Waals surface area contributed by atoms with Gasteiger partial charge in [-0.15, -0.1) is 0 Å². The van der Waals surface area contributed by atoms with Gasteiger partial charge in [0.15, 0.2) is 5.82 Å². The van der Waals surface area contributed by atoms with Crippen LogP contribution in [0.3, 0.4) is 0 Å². The Labute approximate surface area is 150 Å². The Balaban J connectivity index is 1.87. The minimum Gasteiger partial charge on any atom is -0.496 e. The highest BCUT2D eigenvalue weighted by atomic mass is 35.5. The molecule has 0 bridgehead atoms. The van der Waals surface area contributed by atoms with Crippen LogP contribution in [0.5, 0.6) is 5.75 Å². The van der Waals surface area contributed by atoms with Gasteiger partial charge in [-0.25, -0.2) is 4.99 Å². The summed E-state index contributed by atoms with van der Waals surface area (Å²) in [4.78, 5) is 4.34. The Bertz CT molecular complexity index is 956. The van der Waals surface area contributed by atoms with Gasteiger partial charge in [0.25, 0.3) is 0 Å². The predicted molar refractivity (Wildman–Crippen MR) is 97.8 cm³/mol. The second-order valence-electron chi connectivity index (χ2n) is 5.32. The van der Waals surface area contributed by atoms with Crippen molar-refractivity contribution in [3.05, 3.63) is 75.9 Å². The minimum absolute atomic E-state index is 0.352. The van der Waals surface area contributed by atoms with Gasteiger partial charge in [0, 0.05) is 23.2 Å². The Morgan fingerprint density at radius 1 is 1.28 bits per heavy atom. The van der Waals surface area contributed by atoms with Gasteiger partial charge in [0.1, 0.15) is 17.4 Å². The molecule has 0 spiro atoms. The second kappa shape index (κ2) is 7.65. The highest BCUT2D eigenvalue weighted by molar-refractivity contribution is 6.30. The van der Waals surface area contributed by atoms with Crippen molar-refractivity contribution in [2.24, 2.45) is 4.99 Å². The van der Waals surface area contributed by atoms with E-state index in [1.807, 2.05) is 48.5 Å². The van der Waals surface area contributed by atoms with E-state index in [-0.39, 0.29) is 0 Å². The number of halogens is 1. The van der Waals surface area contributed by atoms with Crippen LogP contribution < -0.4 is 4.74 Å². The average molecular weight is 351 g/mol. The smallest absolute Gasteiger partial charge is 0.191 e. The van der Waals surface area contributed by atoms with Gasteiger partial charge in [0.05, 0.1) is 12.8 Å². The monoisotopic (exact) mass is 350 g/mol. The second-order valence-corrected chi connectivity index (χ2v) is 5.76. The topological polar surface area (TPSA) is 74.1 Å². The number of para-hydroxylation sites is 1. The molecular weight excluding hydrogens is 336 g/mol. The first-order chi connectivity index (χ1) is 12.2. The van der Waals surface area contributed by atoms with E-state index in [9.17, 15) is 5.26 Å². The molecule has 0 amide bonds. The summed E-state index contributed by atoms with van der Waals surface area (Å²) < 4.78 is 5.29. The SMILES string of the molecule is COc1ccccc1C=Nc1n[nH]c(Cc2cccc(Cl)c2)c1C#N. The number of aromatic nitrogens is 2. The van der Waals surface area contributed by atoms with Crippen molar-refractivity contribution in [1.82, 2.24) is 10.2 Å². The molecular formula is C19H15ClN4O. The predicted octanol–water partition coefficient (Wildman–Crippen LogP) is 4.28. The molecule has 0 fully saturated rings. The molecule has 1 aromatic heterocycles. The summed E-state index contributed by atoms with van der Waals surface area (Å²) in [5.74, 6) is 1.06. The summed E-state index contributed by atoms with van der Waals surface area (Å²) in [7, 11) is 1.60. The van der Waals surface area contributed by atoms with E-state index in [2.05, 4.69) is 21.3 Å². The van der Waals surface area contributed by atoms with Crippen LogP contribution >= 0.6 is 11.6 Å². The van der Waals surface area contributed by atoms with E-state index in [0.29, 0.717) is 34.3 Å². The lowest BCUT2D eigenvalue weighted by Gasteiger charge is -2.02. The molecule has 6 heteroatoms. The molecule has 5 nitrogen and oxygen atoms in total. The Hall–Kier alpha value is -3.10. The molecule has 0 saturated carbocycles. The normalized spacial score (nSPS) is 10.8. The molecule has 0 aliphatic rings. The quantitative estimate of drug-likeness (QED) is 0.698. The molecule has 3 aromatic rings. The number of nitriles is 1. The van der Waals surface area contributed by atoms with Crippen LogP contribution in [0.15, 0.2) is 53.5 Å². The van der Waals surface area contributed by atoms with Crippen LogP contribution in [-0.2, 0) is 6.42 Å². The number of nitrogens with one attached hydrogen (secondary N) is 1. The van der Waals surface area contributed by atoms with Gasteiger partial charge in [-0.05, 0) is 29.8 Å². The van der Waals surface area contributed by atoms with Crippen LogP contribution in [0.2, 0.25) is 5.02 Å². The molecule has 0 aliphatic heterocycles. The van der Waals surface area contributed by atoms with Crippen LogP contribution in [0.4, 0.5) is 5.82 Å². The van der Waals surface area contributed by atoms with E-state index in [1.54, 1.807) is 13.3 Å². The van der Waals surface area contributed by atoms with Crippen molar-refractivity contribution in [2.75, 3.05) is 7.11 Å². The largest absolute Gasteiger partial charge is 0.496 e. The summed E-state index contributed by atoms with van der Waals surface area (Å²) in [6.07, 6.45) is 2.17. The van der Waals surface area contributed by atoms with Crippen molar-refractivity contribution in [2.45, 2.75) is 6.42 Å². The number of ether oxygens (including phenoxy) is 1. The maximum Gasteiger partial charge on any atom is 0.191 e. The van der Waals surface area contributed by atoms with Crippen molar-refractivity contribution >= 4 is 23.6 Å². The fourth-order valence-corrected chi connectivity index (χ4v) is 2.67. The lowest BCUT2D eigenvalue weighted by Crippen LogP contribution is -1.91. The van der Waals surface area contributed by atoms with E-state index < -0.39 is 0 Å². The van der Waals surface area contributed by atoms with Gasteiger partial charge in [-0.2, -0.15) is 10.4 Å². The van der Waals surface area contributed by atoms with E-state index in [0.717, 1.165) is 11.1 Å². The highest BCUT2D eigenvalue weighted by Gasteiger charge is 2.13. The standard InChI is InChI=1S/C19H15ClN4O/c1-25-18-8-3-2-6-14(18)12-22-19-16(11-21)17(23-24-19)10-13-5-4-7-15(20)9-13/h2-9,12H,10H2,1H3,(H,23,24). The number of hydrogen-bond donors (Lipinski definition) is 1. The molecule has 124 valence electrons. The fourth-order valence-electron chi connectivity index (χ4n) is 2.46. The summed E-state index contributed by atoms with van der Waals surface area (Å²) in [6, 6.07) is 17.2. The molecule has 1 N–H and O–H groups in total. The fraction of sp³-hybridized carbons (Fsp3) is 0.105. The summed E-state index contributed by atoms with van der Waals surface area (Å²) in [5, 5.41) is 17.2. The molecule has 2 aromatic carbocycles. The minimum atomic E-state index is 0.352.